The van der Waals surface area contributed by atoms with Crippen molar-refractivity contribution in [2.24, 2.45) is 0 Å². The van der Waals surface area contributed by atoms with Gasteiger partial charge in [0.2, 0.25) is 0 Å². The molecule has 0 atom stereocenters. The summed E-state index contributed by atoms with van der Waals surface area (Å²) in [5, 5.41) is 0. The fourth-order valence-electron chi connectivity index (χ4n) is 3.72. The maximum absolute atomic E-state index is 4.74. The summed E-state index contributed by atoms with van der Waals surface area (Å²) in [5.74, 6) is 0. The second-order valence-electron chi connectivity index (χ2n) is 7.64. The average molecular weight is 443 g/mol. The van der Waals surface area contributed by atoms with Crippen LogP contribution in [0.15, 0.2) is 119 Å². The molecule has 0 unspecified atom stereocenters. The van der Waals surface area contributed by atoms with Gasteiger partial charge in [-0.2, -0.15) is 0 Å². The molecular weight excluding hydrogens is 424 g/mol. The van der Waals surface area contributed by atoms with E-state index in [-0.39, 0.29) is 0 Å². The van der Waals surface area contributed by atoms with Crippen LogP contribution in [0.4, 0.5) is 0 Å². The SMILES string of the molecule is c1ccc2nc(-c3ccc(Sc4ccc(-c5cnc6ccccc6n5)cc4)cc3)cnc2c1. The van der Waals surface area contributed by atoms with Gasteiger partial charge in [0.15, 0.2) is 0 Å². The van der Waals surface area contributed by atoms with Crippen LogP contribution in [0.5, 0.6) is 0 Å². The zero-order valence-corrected chi connectivity index (χ0v) is 18.4. The summed E-state index contributed by atoms with van der Waals surface area (Å²) in [6.07, 6.45) is 3.66. The van der Waals surface area contributed by atoms with E-state index in [0.29, 0.717) is 0 Å². The topological polar surface area (TPSA) is 51.6 Å². The van der Waals surface area contributed by atoms with Gasteiger partial charge in [-0.15, -0.1) is 0 Å². The van der Waals surface area contributed by atoms with E-state index in [0.717, 1.165) is 44.6 Å². The first-order valence-corrected chi connectivity index (χ1v) is 11.5. The van der Waals surface area contributed by atoms with Crippen LogP contribution >= 0.6 is 11.8 Å². The van der Waals surface area contributed by atoms with E-state index in [1.165, 1.54) is 9.79 Å². The Balaban J connectivity index is 1.20. The van der Waals surface area contributed by atoms with E-state index in [1.807, 2.05) is 60.9 Å². The van der Waals surface area contributed by atoms with Crippen molar-refractivity contribution in [3.05, 3.63) is 109 Å². The quantitative estimate of drug-likeness (QED) is 0.292. The summed E-state index contributed by atoms with van der Waals surface area (Å²) >= 11 is 1.73. The summed E-state index contributed by atoms with van der Waals surface area (Å²) in [4.78, 5) is 20.9. The molecule has 0 spiro atoms. The highest BCUT2D eigenvalue weighted by Gasteiger charge is 2.06. The monoisotopic (exact) mass is 442 g/mol. The first-order valence-electron chi connectivity index (χ1n) is 10.6. The third-order valence-corrected chi connectivity index (χ3v) is 6.45. The standard InChI is InChI=1S/C28H18N4S/c1-3-7-25-23(5-1)29-17-27(31-25)19-9-13-21(14-10-19)33-22-15-11-20(12-16-22)28-18-30-24-6-2-4-8-26(24)32-28/h1-18H. The molecule has 0 aliphatic heterocycles. The van der Waals surface area contributed by atoms with Gasteiger partial charge in [-0.25, -0.2) is 9.97 Å². The molecule has 6 rings (SSSR count). The van der Waals surface area contributed by atoms with E-state index in [4.69, 9.17) is 9.97 Å². The van der Waals surface area contributed by atoms with Gasteiger partial charge >= 0.3 is 0 Å². The smallest absolute Gasteiger partial charge is 0.0894 e. The molecule has 33 heavy (non-hydrogen) atoms. The molecule has 0 amide bonds. The predicted molar refractivity (Wildman–Crippen MR) is 134 cm³/mol. The van der Waals surface area contributed by atoms with Gasteiger partial charge in [-0.3, -0.25) is 9.97 Å². The average Bonchev–Trinajstić information content (AvgIpc) is 2.89. The summed E-state index contributed by atoms with van der Waals surface area (Å²) in [5.41, 5.74) is 7.51. The normalized spacial score (nSPS) is 11.2. The molecule has 2 heterocycles. The molecule has 0 fully saturated rings. The molecule has 4 nitrogen and oxygen atoms in total. The molecule has 6 aromatic rings. The number of para-hydroxylation sites is 4. The number of hydrogen-bond acceptors (Lipinski definition) is 5. The number of rotatable bonds is 4. The summed E-state index contributed by atoms with van der Waals surface area (Å²) in [6, 6.07) is 32.7. The maximum atomic E-state index is 4.74. The van der Waals surface area contributed by atoms with Gasteiger partial charge in [-0.1, -0.05) is 60.3 Å². The second-order valence-corrected chi connectivity index (χ2v) is 8.79. The van der Waals surface area contributed by atoms with Crippen molar-refractivity contribution in [1.29, 1.82) is 0 Å². The fourth-order valence-corrected chi connectivity index (χ4v) is 4.53. The molecule has 0 bridgehead atoms. The Bertz CT molecular complexity index is 1460. The van der Waals surface area contributed by atoms with Gasteiger partial charge in [0.05, 0.1) is 45.8 Å². The summed E-state index contributed by atoms with van der Waals surface area (Å²) in [7, 11) is 0. The lowest BCUT2D eigenvalue weighted by atomic mass is 10.1. The lowest BCUT2D eigenvalue weighted by molar-refractivity contribution is 1.28. The first kappa shape index (κ1) is 19.6. The molecule has 0 saturated heterocycles. The van der Waals surface area contributed by atoms with E-state index < -0.39 is 0 Å². The van der Waals surface area contributed by atoms with Crippen LogP contribution in [-0.4, -0.2) is 19.9 Å². The largest absolute Gasteiger partial charge is 0.252 e. The molecule has 0 aliphatic rings. The minimum Gasteiger partial charge on any atom is -0.252 e. The molecular formula is C28H18N4S. The van der Waals surface area contributed by atoms with E-state index in [2.05, 4.69) is 58.5 Å². The molecule has 4 aromatic carbocycles. The van der Waals surface area contributed by atoms with Crippen molar-refractivity contribution in [2.75, 3.05) is 0 Å². The van der Waals surface area contributed by atoms with Gasteiger partial charge in [0.1, 0.15) is 0 Å². The molecule has 5 heteroatoms. The molecule has 0 N–H and O–H groups in total. The van der Waals surface area contributed by atoms with Crippen molar-refractivity contribution in [1.82, 2.24) is 19.9 Å². The van der Waals surface area contributed by atoms with Crippen LogP contribution in [0.2, 0.25) is 0 Å². The molecule has 2 aromatic heterocycles. The molecule has 0 radical (unpaired) electrons. The Hall–Kier alpha value is -4.09. The van der Waals surface area contributed by atoms with E-state index in [9.17, 15) is 0 Å². The zero-order valence-electron chi connectivity index (χ0n) is 17.6. The Kier molecular flexibility index (Phi) is 5.01. The Labute approximate surface area is 195 Å². The zero-order chi connectivity index (χ0) is 22.0. The van der Waals surface area contributed by atoms with Crippen LogP contribution < -0.4 is 0 Å². The van der Waals surface area contributed by atoms with Crippen molar-refractivity contribution >= 4 is 33.8 Å². The van der Waals surface area contributed by atoms with E-state index >= 15 is 0 Å². The highest BCUT2D eigenvalue weighted by atomic mass is 32.2. The molecule has 156 valence electrons. The van der Waals surface area contributed by atoms with Gasteiger partial charge in [0, 0.05) is 20.9 Å². The maximum Gasteiger partial charge on any atom is 0.0894 e. The Morgan fingerprint density at radius 2 is 0.818 bits per heavy atom. The fraction of sp³-hybridized carbons (Fsp3) is 0. The third kappa shape index (κ3) is 4.06. The Morgan fingerprint density at radius 1 is 0.424 bits per heavy atom. The van der Waals surface area contributed by atoms with Gasteiger partial charge < -0.3 is 0 Å². The highest BCUT2D eigenvalue weighted by molar-refractivity contribution is 7.99. The lowest BCUT2D eigenvalue weighted by Crippen LogP contribution is -1.88. The van der Waals surface area contributed by atoms with Crippen molar-refractivity contribution in [3.8, 4) is 22.5 Å². The number of hydrogen-bond donors (Lipinski definition) is 0. The van der Waals surface area contributed by atoms with Crippen LogP contribution in [0.25, 0.3) is 44.6 Å². The number of benzene rings is 4. The van der Waals surface area contributed by atoms with E-state index in [1.54, 1.807) is 11.8 Å². The van der Waals surface area contributed by atoms with Gasteiger partial charge in [0.25, 0.3) is 0 Å². The van der Waals surface area contributed by atoms with Crippen LogP contribution in [0, 0.1) is 0 Å². The van der Waals surface area contributed by atoms with Gasteiger partial charge in [-0.05, 0) is 48.5 Å². The second kappa shape index (κ2) is 8.45. The van der Waals surface area contributed by atoms with Crippen LogP contribution in [0.1, 0.15) is 0 Å². The minimum absolute atomic E-state index is 0.881. The minimum atomic E-state index is 0.881. The van der Waals surface area contributed by atoms with Crippen molar-refractivity contribution in [3.63, 3.8) is 0 Å². The number of aromatic nitrogens is 4. The predicted octanol–water partition coefficient (Wildman–Crippen LogP) is 7.06. The van der Waals surface area contributed by atoms with Crippen LogP contribution in [0.3, 0.4) is 0 Å². The Morgan fingerprint density at radius 3 is 1.24 bits per heavy atom. The van der Waals surface area contributed by atoms with Crippen molar-refractivity contribution in [2.45, 2.75) is 9.79 Å². The number of fused-ring (bicyclic) bond motifs is 2. The molecule has 0 saturated carbocycles. The number of nitrogens with zero attached hydrogens (tertiary/aromatic N) is 4. The highest BCUT2D eigenvalue weighted by Crippen LogP contribution is 2.31. The lowest BCUT2D eigenvalue weighted by Gasteiger charge is -2.06. The molecule has 0 aliphatic carbocycles. The third-order valence-electron chi connectivity index (χ3n) is 5.43. The summed E-state index contributed by atoms with van der Waals surface area (Å²) in [6.45, 7) is 0. The summed E-state index contributed by atoms with van der Waals surface area (Å²) < 4.78 is 0. The first-order chi connectivity index (χ1) is 16.3. The van der Waals surface area contributed by atoms with Crippen molar-refractivity contribution < 1.29 is 0 Å². The van der Waals surface area contributed by atoms with Crippen LogP contribution in [-0.2, 0) is 0 Å².